The lowest BCUT2D eigenvalue weighted by molar-refractivity contribution is 0.100. The van der Waals surface area contributed by atoms with Gasteiger partial charge in [-0.3, -0.25) is 4.79 Å². The molecule has 0 aliphatic carbocycles. The van der Waals surface area contributed by atoms with Gasteiger partial charge in [0.05, 0.1) is 11.1 Å². The van der Waals surface area contributed by atoms with E-state index >= 15 is 4.39 Å². The molecular weight excluding hydrogens is 317 g/mol. The van der Waals surface area contributed by atoms with Gasteiger partial charge in [0, 0.05) is 22.7 Å². The van der Waals surface area contributed by atoms with E-state index in [1.54, 1.807) is 0 Å². The Balaban J connectivity index is 2.06. The molecule has 1 aromatic heterocycles. The highest BCUT2D eigenvalue weighted by molar-refractivity contribution is 6.09. The third-order valence-electron chi connectivity index (χ3n) is 5.04. The average molecular weight is 337 g/mol. The molecule has 2 aromatic carbocycles. The number of carbonyl (C=O) groups is 1. The largest absolute Gasteiger partial charge is 0.366 e. The highest BCUT2D eigenvalue weighted by Gasteiger charge is 2.24. The number of carbonyl (C=O) groups excluding carboxylic acids is 1. The number of primary amides is 1. The first-order chi connectivity index (χ1) is 12.0. The summed E-state index contributed by atoms with van der Waals surface area (Å²) >= 11 is 0. The summed E-state index contributed by atoms with van der Waals surface area (Å²) in [6.45, 7) is 4.87. The number of hydrogen-bond acceptors (Lipinski definition) is 2. The maximum atomic E-state index is 15.1. The van der Waals surface area contributed by atoms with Crippen LogP contribution < -0.4 is 11.1 Å². The topological polar surface area (TPSA) is 70.9 Å². The van der Waals surface area contributed by atoms with Gasteiger partial charge in [-0.25, -0.2) is 4.39 Å². The van der Waals surface area contributed by atoms with Crippen LogP contribution in [0.25, 0.3) is 22.0 Å². The number of nitrogens with two attached hydrogens (primary N) is 1. The van der Waals surface area contributed by atoms with Gasteiger partial charge in [0.15, 0.2) is 0 Å². The second kappa shape index (κ2) is 5.70. The smallest absolute Gasteiger partial charge is 0.250 e. The molecule has 0 bridgehead atoms. The number of amides is 1. The molecule has 128 valence electrons. The second-order valence-electron chi connectivity index (χ2n) is 6.69. The second-order valence-corrected chi connectivity index (χ2v) is 6.69. The van der Waals surface area contributed by atoms with Gasteiger partial charge in [0.25, 0.3) is 5.91 Å². The van der Waals surface area contributed by atoms with Crippen molar-refractivity contribution >= 4 is 16.8 Å². The van der Waals surface area contributed by atoms with Crippen molar-refractivity contribution in [3.05, 3.63) is 58.5 Å². The Kier molecular flexibility index (Phi) is 3.62. The van der Waals surface area contributed by atoms with Gasteiger partial charge in [-0.1, -0.05) is 18.2 Å². The number of aromatic amines is 1. The molecule has 0 radical (unpaired) electrons. The van der Waals surface area contributed by atoms with Gasteiger partial charge >= 0.3 is 0 Å². The van der Waals surface area contributed by atoms with Gasteiger partial charge in [0.2, 0.25) is 0 Å². The number of rotatable bonds is 2. The summed E-state index contributed by atoms with van der Waals surface area (Å²) in [5.41, 5.74) is 10.9. The van der Waals surface area contributed by atoms with E-state index in [4.69, 9.17) is 5.73 Å². The SMILES string of the molecule is Cc1cc2c(-c3cccc4c3CCNC4C)c(F)cc(C(N)=O)c2[nH]1. The summed E-state index contributed by atoms with van der Waals surface area (Å²) in [6.07, 6.45) is 0.845. The molecule has 1 aliphatic heterocycles. The number of halogens is 1. The van der Waals surface area contributed by atoms with Crippen molar-refractivity contribution < 1.29 is 9.18 Å². The molecule has 1 aliphatic rings. The monoisotopic (exact) mass is 337 g/mol. The maximum Gasteiger partial charge on any atom is 0.250 e. The minimum Gasteiger partial charge on any atom is -0.366 e. The molecule has 0 saturated carbocycles. The first-order valence-corrected chi connectivity index (χ1v) is 8.44. The predicted octanol–water partition coefficient (Wildman–Crippen LogP) is 3.59. The average Bonchev–Trinajstić information content (AvgIpc) is 2.95. The van der Waals surface area contributed by atoms with Gasteiger partial charge < -0.3 is 16.0 Å². The van der Waals surface area contributed by atoms with Crippen LogP contribution in [0, 0.1) is 12.7 Å². The molecule has 1 atom stereocenters. The lowest BCUT2D eigenvalue weighted by atomic mass is 9.86. The van der Waals surface area contributed by atoms with E-state index in [2.05, 4.69) is 23.3 Å². The van der Waals surface area contributed by atoms with Gasteiger partial charge in [0.1, 0.15) is 5.82 Å². The number of nitrogens with one attached hydrogen (secondary N) is 2. The molecule has 4 rings (SSSR count). The molecule has 25 heavy (non-hydrogen) atoms. The summed E-state index contributed by atoms with van der Waals surface area (Å²) in [7, 11) is 0. The van der Waals surface area contributed by atoms with Crippen LogP contribution >= 0.6 is 0 Å². The molecule has 0 spiro atoms. The standard InChI is InChI=1S/C20H20FN3O/c1-10-8-15-18(17(21)9-16(20(22)25)19(15)24-10)14-5-3-4-12-11(2)23-7-6-13(12)14/h3-5,8-9,11,23-24H,6-7H2,1-2H3,(H2,22,25). The van der Waals surface area contributed by atoms with Crippen molar-refractivity contribution in [2.75, 3.05) is 6.54 Å². The minimum absolute atomic E-state index is 0.184. The number of aromatic nitrogens is 1. The Bertz CT molecular complexity index is 1010. The molecule has 0 saturated heterocycles. The van der Waals surface area contributed by atoms with E-state index in [9.17, 15) is 4.79 Å². The first-order valence-electron chi connectivity index (χ1n) is 8.44. The third kappa shape index (κ3) is 2.43. The van der Waals surface area contributed by atoms with Crippen molar-refractivity contribution in [2.45, 2.75) is 26.3 Å². The zero-order valence-corrected chi connectivity index (χ0v) is 14.2. The highest BCUT2D eigenvalue weighted by atomic mass is 19.1. The van der Waals surface area contributed by atoms with E-state index in [0.29, 0.717) is 16.5 Å². The van der Waals surface area contributed by atoms with Crippen molar-refractivity contribution in [3.63, 3.8) is 0 Å². The van der Waals surface area contributed by atoms with Crippen LogP contribution in [-0.4, -0.2) is 17.4 Å². The number of H-pyrrole nitrogens is 1. The normalized spacial score (nSPS) is 16.8. The summed E-state index contributed by atoms with van der Waals surface area (Å²) in [5.74, 6) is -1.05. The summed E-state index contributed by atoms with van der Waals surface area (Å²) in [4.78, 5) is 14.9. The van der Waals surface area contributed by atoms with Crippen LogP contribution in [0.3, 0.4) is 0 Å². The van der Waals surface area contributed by atoms with E-state index in [1.165, 1.54) is 17.2 Å². The van der Waals surface area contributed by atoms with Crippen molar-refractivity contribution in [1.82, 2.24) is 10.3 Å². The Morgan fingerprint density at radius 2 is 2.12 bits per heavy atom. The Labute approximate surface area is 145 Å². The van der Waals surface area contributed by atoms with E-state index in [-0.39, 0.29) is 11.6 Å². The number of benzene rings is 2. The summed E-state index contributed by atoms with van der Waals surface area (Å²) < 4.78 is 15.1. The van der Waals surface area contributed by atoms with E-state index in [1.807, 2.05) is 25.1 Å². The Morgan fingerprint density at radius 1 is 1.32 bits per heavy atom. The maximum absolute atomic E-state index is 15.1. The third-order valence-corrected chi connectivity index (χ3v) is 5.04. The van der Waals surface area contributed by atoms with Crippen LogP contribution in [-0.2, 0) is 6.42 Å². The lowest BCUT2D eigenvalue weighted by Crippen LogP contribution is -2.28. The van der Waals surface area contributed by atoms with E-state index < -0.39 is 11.7 Å². The van der Waals surface area contributed by atoms with Gasteiger partial charge in [-0.2, -0.15) is 0 Å². The molecular formula is C20H20FN3O. The first kappa shape index (κ1) is 15.8. The number of fused-ring (bicyclic) bond motifs is 2. The molecule has 5 heteroatoms. The molecule has 1 unspecified atom stereocenters. The zero-order valence-electron chi connectivity index (χ0n) is 14.2. The molecule has 0 fully saturated rings. The van der Waals surface area contributed by atoms with E-state index in [0.717, 1.165) is 24.2 Å². The summed E-state index contributed by atoms with van der Waals surface area (Å²) in [5, 5.41) is 4.14. The number of hydrogen-bond donors (Lipinski definition) is 3. The predicted molar refractivity (Wildman–Crippen MR) is 97.1 cm³/mol. The fraction of sp³-hybridized carbons (Fsp3) is 0.250. The molecule has 1 amide bonds. The molecule has 4 nitrogen and oxygen atoms in total. The van der Waals surface area contributed by atoms with Crippen LogP contribution in [0.2, 0.25) is 0 Å². The molecule has 2 heterocycles. The van der Waals surface area contributed by atoms with Crippen LogP contribution in [0.5, 0.6) is 0 Å². The Morgan fingerprint density at radius 3 is 2.88 bits per heavy atom. The highest BCUT2D eigenvalue weighted by Crippen LogP contribution is 2.38. The van der Waals surface area contributed by atoms with Crippen LogP contribution in [0.4, 0.5) is 4.39 Å². The molecule has 3 aromatic rings. The fourth-order valence-corrected chi connectivity index (χ4v) is 3.91. The number of aryl methyl sites for hydroxylation is 1. The zero-order chi connectivity index (χ0) is 17.7. The van der Waals surface area contributed by atoms with Crippen LogP contribution in [0.15, 0.2) is 30.3 Å². The van der Waals surface area contributed by atoms with Crippen LogP contribution in [0.1, 0.15) is 40.1 Å². The van der Waals surface area contributed by atoms with Gasteiger partial charge in [-0.15, -0.1) is 0 Å². The summed E-state index contributed by atoms with van der Waals surface area (Å²) in [6, 6.07) is 9.38. The fourth-order valence-electron chi connectivity index (χ4n) is 3.91. The van der Waals surface area contributed by atoms with Gasteiger partial charge in [-0.05, 0) is 55.6 Å². The minimum atomic E-state index is -0.634. The van der Waals surface area contributed by atoms with Crippen molar-refractivity contribution in [1.29, 1.82) is 0 Å². The Hall–Kier alpha value is -2.66. The molecule has 4 N–H and O–H groups in total. The van der Waals surface area contributed by atoms with Crippen molar-refractivity contribution in [2.24, 2.45) is 5.73 Å². The lowest BCUT2D eigenvalue weighted by Gasteiger charge is -2.26. The van der Waals surface area contributed by atoms with Crippen molar-refractivity contribution in [3.8, 4) is 11.1 Å². The quantitative estimate of drug-likeness (QED) is 0.669.